The van der Waals surface area contributed by atoms with Crippen molar-refractivity contribution in [2.75, 3.05) is 0 Å². The van der Waals surface area contributed by atoms with Crippen molar-refractivity contribution in [2.45, 2.75) is 0 Å². The molecule has 0 aliphatic carbocycles. The van der Waals surface area contributed by atoms with Gasteiger partial charge >= 0.3 is 0 Å². The van der Waals surface area contributed by atoms with E-state index in [0.29, 0.717) is 5.82 Å². The Morgan fingerprint density at radius 3 is 1.40 bits per heavy atom. The molecule has 3 heterocycles. The smallest absolute Gasteiger partial charge is 0.160 e. The van der Waals surface area contributed by atoms with E-state index in [1.807, 2.05) is 48.8 Å². The molecule has 4 heteroatoms. The molecule has 4 nitrogen and oxygen atoms in total. The van der Waals surface area contributed by atoms with E-state index in [4.69, 9.17) is 14.4 Å². The van der Waals surface area contributed by atoms with Crippen LogP contribution in [0.15, 0.2) is 205 Å². The predicted molar refractivity (Wildman–Crippen MR) is 225 cm³/mol. The van der Waals surface area contributed by atoms with Gasteiger partial charge in [0.1, 0.15) is 11.2 Å². The highest BCUT2D eigenvalue weighted by Crippen LogP contribution is 2.38. The van der Waals surface area contributed by atoms with Crippen LogP contribution in [0.5, 0.6) is 0 Å². The fourth-order valence-electron chi connectivity index (χ4n) is 7.39. The summed E-state index contributed by atoms with van der Waals surface area (Å²) >= 11 is 0. The number of hydrogen-bond acceptors (Lipinski definition) is 4. The van der Waals surface area contributed by atoms with Gasteiger partial charge in [-0.1, -0.05) is 115 Å². The molecule has 0 N–H and O–H groups in total. The minimum atomic E-state index is 0.655. The lowest BCUT2D eigenvalue weighted by Crippen LogP contribution is -1.97. The molecule has 0 bridgehead atoms. The van der Waals surface area contributed by atoms with E-state index in [2.05, 4.69) is 157 Å². The molecule has 0 aliphatic heterocycles. The lowest BCUT2D eigenvalue weighted by Gasteiger charge is -2.14. The third-order valence-electron chi connectivity index (χ3n) is 10.2. The molecule has 0 atom stereocenters. The molecule has 10 aromatic rings. The van der Waals surface area contributed by atoms with Crippen molar-refractivity contribution in [2.24, 2.45) is 0 Å². The minimum Gasteiger partial charge on any atom is -0.456 e. The van der Waals surface area contributed by atoms with Crippen LogP contribution in [0.25, 0.3) is 100 Å². The Kier molecular flexibility index (Phi) is 8.12. The third kappa shape index (κ3) is 6.36. The van der Waals surface area contributed by atoms with Crippen LogP contribution in [0.2, 0.25) is 0 Å². The molecule has 0 unspecified atom stereocenters. The van der Waals surface area contributed by atoms with Crippen LogP contribution in [0, 0.1) is 0 Å². The summed E-state index contributed by atoms with van der Waals surface area (Å²) in [6, 6.07) is 65.6. The first kappa shape index (κ1) is 32.2. The summed E-state index contributed by atoms with van der Waals surface area (Å²) in [7, 11) is 0. The van der Waals surface area contributed by atoms with Crippen LogP contribution in [-0.2, 0) is 0 Å². The van der Waals surface area contributed by atoms with E-state index in [9.17, 15) is 0 Å². The second-order valence-corrected chi connectivity index (χ2v) is 13.7. The molecule has 0 saturated carbocycles. The first-order valence-electron chi connectivity index (χ1n) is 18.4. The summed E-state index contributed by atoms with van der Waals surface area (Å²) < 4.78 is 6.19. The van der Waals surface area contributed by atoms with Gasteiger partial charge < -0.3 is 4.42 Å². The van der Waals surface area contributed by atoms with Gasteiger partial charge in [0.2, 0.25) is 0 Å². The molecule has 258 valence electrons. The van der Waals surface area contributed by atoms with Gasteiger partial charge in [0.25, 0.3) is 0 Å². The zero-order valence-corrected chi connectivity index (χ0v) is 29.8. The molecule has 0 spiro atoms. The molecule has 10 rings (SSSR count). The Morgan fingerprint density at radius 2 is 0.764 bits per heavy atom. The molecule has 0 amide bonds. The second-order valence-electron chi connectivity index (χ2n) is 13.7. The lowest BCUT2D eigenvalue weighted by molar-refractivity contribution is 0.669. The van der Waals surface area contributed by atoms with Gasteiger partial charge in [0.15, 0.2) is 5.82 Å². The van der Waals surface area contributed by atoms with Crippen molar-refractivity contribution in [3.8, 4) is 78.4 Å². The van der Waals surface area contributed by atoms with Crippen molar-refractivity contribution in [1.82, 2.24) is 15.0 Å². The number of pyridine rings is 1. The molecular weight excluding hydrogens is 671 g/mol. The zero-order valence-electron chi connectivity index (χ0n) is 29.8. The van der Waals surface area contributed by atoms with Crippen LogP contribution >= 0.6 is 0 Å². The van der Waals surface area contributed by atoms with E-state index in [-0.39, 0.29) is 0 Å². The van der Waals surface area contributed by atoms with Crippen molar-refractivity contribution < 1.29 is 4.42 Å². The fraction of sp³-hybridized carbons (Fsp3) is 0. The Morgan fingerprint density at radius 1 is 0.291 bits per heavy atom. The monoisotopic (exact) mass is 703 g/mol. The van der Waals surface area contributed by atoms with Crippen molar-refractivity contribution in [3.05, 3.63) is 200 Å². The maximum absolute atomic E-state index is 6.19. The first-order valence-corrected chi connectivity index (χ1v) is 18.4. The number of hydrogen-bond donors (Lipinski definition) is 0. The summed E-state index contributed by atoms with van der Waals surface area (Å²) in [5.74, 6) is 0.655. The van der Waals surface area contributed by atoms with E-state index in [1.54, 1.807) is 0 Å². The van der Waals surface area contributed by atoms with Gasteiger partial charge in [-0.3, -0.25) is 4.98 Å². The van der Waals surface area contributed by atoms with Gasteiger partial charge in [0.05, 0.1) is 11.4 Å². The average Bonchev–Trinajstić information content (AvgIpc) is 3.65. The molecule has 0 saturated heterocycles. The van der Waals surface area contributed by atoms with Gasteiger partial charge in [-0.15, -0.1) is 0 Å². The van der Waals surface area contributed by atoms with E-state index < -0.39 is 0 Å². The quantitative estimate of drug-likeness (QED) is 0.166. The number of rotatable bonds is 7. The third-order valence-corrected chi connectivity index (χ3v) is 10.2. The zero-order chi connectivity index (χ0) is 36.6. The highest BCUT2D eigenvalue weighted by Gasteiger charge is 2.16. The van der Waals surface area contributed by atoms with E-state index in [1.165, 1.54) is 0 Å². The molecule has 3 aromatic heterocycles. The number of para-hydroxylation sites is 1. The highest BCUT2D eigenvalue weighted by atomic mass is 16.3. The van der Waals surface area contributed by atoms with Crippen LogP contribution in [0.1, 0.15) is 0 Å². The Bertz CT molecular complexity index is 2900. The van der Waals surface area contributed by atoms with Crippen LogP contribution < -0.4 is 0 Å². The molecule has 7 aromatic carbocycles. The van der Waals surface area contributed by atoms with Crippen LogP contribution in [0.3, 0.4) is 0 Å². The van der Waals surface area contributed by atoms with E-state index in [0.717, 1.165) is 94.5 Å². The molecule has 0 aliphatic rings. The fourth-order valence-corrected chi connectivity index (χ4v) is 7.39. The standard InChI is InChI=1S/C51H33N3O/c1-4-12-34(13-5-1)39-27-42(38-20-21-50-46(32-38)45-18-10-11-19-49(45)55-50)29-43(28-39)48-33-47(37-16-8-3-9-17-37)53-51(54-48)44-30-40(35-14-6-2-7-15-35)26-41(31-44)36-22-24-52-25-23-36/h1-33H. The van der Waals surface area contributed by atoms with E-state index >= 15 is 0 Å². The molecular formula is C51H33N3O. The largest absolute Gasteiger partial charge is 0.456 e. The van der Waals surface area contributed by atoms with Crippen molar-refractivity contribution in [3.63, 3.8) is 0 Å². The number of aromatic nitrogens is 3. The number of furan rings is 1. The highest BCUT2D eigenvalue weighted by molar-refractivity contribution is 6.06. The van der Waals surface area contributed by atoms with Gasteiger partial charge in [0, 0.05) is 39.9 Å². The van der Waals surface area contributed by atoms with Crippen LogP contribution in [-0.4, -0.2) is 15.0 Å². The number of fused-ring (bicyclic) bond motifs is 3. The number of nitrogens with zero attached hydrogens (tertiary/aromatic N) is 3. The topological polar surface area (TPSA) is 51.8 Å². The summed E-state index contributed by atoms with van der Waals surface area (Å²) in [4.78, 5) is 14.9. The Labute approximate surface area is 319 Å². The normalized spacial score (nSPS) is 11.3. The first-order chi connectivity index (χ1) is 27.2. The Balaban J connectivity index is 1.19. The molecule has 0 fully saturated rings. The maximum atomic E-state index is 6.19. The molecule has 55 heavy (non-hydrogen) atoms. The minimum absolute atomic E-state index is 0.655. The van der Waals surface area contributed by atoms with Gasteiger partial charge in [-0.2, -0.15) is 0 Å². The number of benzene rings is 7. The average molecular weight is 704 g/mol. The lowest BCUT2D eigenvalue weighted by atomic mass is 9.93. The Hall–Kier alpha value is -7.43. The summed E-state index contributed by atoms with van der Waals surface area (Å²) in [5.41, 5.74) is 15.2. The second kappa shape index (κ2) is 13.8. The molecule has 0 radical (unpaired) electrons. The van der Waals surface area contributed by atoms with Crippen LogP contribution in [0.4, 0.5) is 0 Å². The van der Waals surface area contributed by atoms with Gasteiger partial charge in [-0.25, -0.2) is 9.97 Å². The predicted octanol–water partition coefficient (Wildman–Crippen LogP) is 13.4. The summed E-state index contributed by atoms with van der Waals surface area (Å²) in [6.45, 7) is 0. The maximum Gasteiger partial charge on any atom is 0.160 e. The SMILES string of the molecule is c1ccc(-c2cc(-c3ccc4oc5ccccc5c4c3)cc(-c3cc(-c4ccccc4)nc(-c4cc(-c5ccccc5)cc(-c5ccncc5)c4)n3)c2)cc1. The summed E-state index contributed by atoms with van der Waals surface area (Å²) in [5, 5.41) is 2.20. The summed E-state index contributed by atoms with van der Waals surface area (Å²) in [6.07, 6.45) is 3.66. The van der Waals surface area contributed by atoms with Crippen molar-refractivity contribution in [1.29, 1.82) is 0 Å². The van der Waals surface area contributed by atoms with Crippen molar-refractivity contribution >= 4 is 21.9 Å². The van der Waals surface area contributed by atoms with Gasteiger partial charge in [-0.05, 0) is 117 Å².